The Hall–Kier alpha value is -1.68. The fourth-order valence-electron chi connectivity index (χ4n) is 2.33. The van der Waals surface area contributed by atoms with Gasteiger partial charge in [0.1, 0.15) is 0 Å². The predicted octanol–water partition coefficient (Wildman–Crippen LogP) is 1.66. The van der Waals surface area contributed by atoms with Crippen molar-refractivity contribution < 1.29 is 9.59 Å². The number of likely N-dealkylation sites (tertiary alicyclic amines) is 1. The molecule has 4 nitrogen and oxygen atoms in total. The second kappa shape index (κ2) is 5.53. The minimum absolute atomic E-state index is 0.0548. The largest absolute Gasteiger partial charge is 0.299 e. The van der Waals surface area contributed by atoms with Crippen molar-refractivity contribution in [3.05, 3.63) is 35.4 Å². The molecule has 0 aliphatic carbocycles. The first-order chi connectivity index (χ1) is 9.02. The maximum absolute atomic E-state index is 11.8. The van der Waals surface area contributed by atoms with Crippen LogP contribution in [0.15, 0.2) is 24.3 Å². The van der Waals surface area contributed by atoms with Gasteiger partial charge in [0.25, 0.3) is 0 Å². The number of aryl methyl sites for hydroxylation is 1. The van der Waals surface area contributed by atoms with Gasteiger partial charge in [-0.15, -0.1) is 0 Å². The van der Waals surface area contributed by atoms with Gasteiger partial charge in [0.2, 0.25) is 11.8 Å². The first kappa shape index (κ1) is 13.7. The number of nitrogens with one attached hydrogen (secondary N) is 1. The summed E-state index contributed by atoms with van der Waals surface area (Å²) in [4.78, 5) is 24.5. The van der Waals surface area contributed by atoms with Gasteiger partial charge >= 0.3 is 0 Å². The van der Waals surface area contributed by atoms with Gasteiger partial charge < -0.3 is 0 Å². The zero-order valence-corrected chi connectivity index (χ0v) is 11.6. The second-order valence-corrected chi connectivity index (χ2v) is 5.03. The van der Waals surface area contributed by atoms with E-state index in [0.29, 0.717) is 0 Å². The molecule has 102 valence electrons. The molecule has 1 aliphatic heterocycles. The molecular weight excluding hydrogens is 240 g/mol. The second-order valence-electron chi connectivity index (χ2n) is 5.03. The zero-order valence-electron chi connectivity index (χ0n) is 11.6. The summed E-state index contributed by atoms with van der Waals surface area (Å²) in [6, 6.07) is 8.00. The van der Waals surface area contributed by atoms with Gasteiger partial charge in [0, 0.05) is 13.1 Å². The predicted molar refractivity (Wildman–Crippen MR) is 73.6 cm³/mol. The molecule has 2 atom stereocenters. The van der Waals surface area contributed by atoms with Crippen LogP contribution in [0.1, 0.15) is 37.4 Å². The molecular formula is C15H20N2O2. The van der Waals surface area contributed by atoms with Crippen LogP contribution in [0.4, 0.5) is 0 Å². The number of amides is 2. The SMILES string of the molecule is CCc1ccc(C(C)NC2CC(=O)N(C)C2=O)cc1. The Labute approximate surface area is 113 Å². The Morgan fingerprint density at radius 2 is 1.95 bits per heavy atom. The molecule has 4 heteroatoms. The third-order valence-corrected chi connectivity index (χ3v) is 3.72. The van der Waals surface area contributed by atoms with Gasteiger partial charge in [-0.2, -0.15) is 0 Å². The Balaban J connectivity index is 2.02. The van der Waals surface area contributed by atoms with Crippen molar-refractivity contribution in [2.45, 2.75) is 38.8 Å². The number of nitrogens with zero attached hydrogens (tertiary/aromatic N) is 1. The van der Waals surface area contributed by atoms with Crippen LogP contribution in [0.5, 0.6) is 0 Å². The summed E-state index contributed by atoms with van der Waals surface area (Å²) in [5.74, 6) is -0.252. The molecule has 1 saturated heterocycles. The van der Waals surface area contributed by atoms with Gasteiger partial charge in [-0.3, -0.25) is 19.8 Å². The van der Waals surface area contributed by atoms with E-state index >= 15 is 0 Å². The maximum atomic E-state index is 11.8. The molecule has 1 fully saturated rings. The quantitative estimate of drug-likeness (QED) is 0.838. The molecule has 2 rings (SSSR count). The Morgan fingerprint density at radius 1 is 1.32 bits per heavy atom. The van der Waals surface area contributed by atoms with E-state index in [0.717, 1.165) is 12.0 Å². The zero-order chi connectivity index (χ0) is 14.0. The number of benzene rings is 1. The molecule has 1 aromatic carbocycles. The third-order valence-electron chi connectivity index (χ3n) is 3.72. The monoisotopic (exact) mass is 260 g/mol. The molecule has 0 aromatic heterocycles. The molecule has 1 aliphatic rings. The highest BCUT2D eigenvalue weighted by Crippen LogP contribution is 2.18. The summed E-state index contributed by atoms with van der Waals surface area (Å²) in [7, 11) is 1.53. The van der Waals surface area contributed by atoms with E-state index < -0.39 is 6.04 Å². The smallest absolute Gasteiger partial charge is 0.246 e. The molecule has 0 radical (unpaired) electrons. The topological polar surface area (TPSA) is 49.4 Å². The van der Waals surface area contributed by atoms with Crippen molar-refractivity contribution in [3.63, 3.8) is 0 Å². The number of likely N-dealkylation sites (N-methyl/N-ethyl adjacent to an activating group) is 1. The highest BCUT2D eigenvalue weighted by molar-refractivity contribution is 6.05. The lowest BCUT2D eigenvalue weighted by Crippen LogP contribution is -2.38. The van der Waals surface area contributed by atoms with Crippen molar-refractivity contribution in [3.8, 4) is 0 Å². The summed E-state index contributed by atoms with van der Waals surface area (Å²) in [5, 5.41) is 3.23. The molecule has 19 heavy (non-hydrogen) atoms. The van der Waals surface area contributed by atoms with Gasteiger partial charge in [-0.05, 0) is 24.5 Å². The molecule has 2 amide bonds. The third kappa shape index (κ3) is 2.84. The first-order valence-corrected chi connectivity index (χ1v) is 6.68. The fourth-order valence-corrected chi connectivity index (χ4v) is 2.33. The van der Waals surface area contributed by atoms with Crippen molar-refractivity contribution >= 4 is 11.8 Å². The summed E-state index contributed by atoms with van der Waals surface area (Å²) in [5.41, 5.74) is 2.43. The minimum atomic E-state index is -0.390. The fraction of sp³-hybridized carbons (Fsp3) is 0.467. The van der Waals surface area contributed by atoms with Crippen molar-refractivity contribution in [1.29, 1.82) is 0 Å². The minimum Gasteiger partial charge on any atom is -0.299 e. The Bertz CT molecular complexity index is 481. The number of rotatable bonds is 4. The summed E-state index contributed by atoms with van der Waals surface area (Å²) < 4.78 is 0. The van der Waals surface area contributed by atoms with Crippen LogP contribution in [0, 0.1) is 0 Å². The van der Waals surface area contributed by atoms with Crippen LogP contribution >= 0.6 is 0 Å². The molecule has 1 heterocycles. The van der Waals surface area contributed by atoms with E-state index in [4.69, 9.17) is 0 Å². The lowest BCUT2D eigenvalue weighted by atomic mass is 10.0. The normalized spacial score (nSPS) is 21.0. The highest BCUT2D eigenvalue weighted by Gasteiger charge is 2.36. The van der Waals surface area contributed by atoms with Crippen LogP contribution in [-0.2, 0) is 16.0 Å². The lowest BCUT2D eigenvalue weighted by Gasteiger charge is -2.18. The Kier molecular flexibility index (Phi) is 4.00. The van der Waals surface area contributed by atoms with Gasteiger partial charge in [-0.1, -0.05) is 31.2 Å². The molecule has 0 saturated carbocycles. The molecule has 1 aromatic rings. The summed E-state index contributed by atoms with van der Waals surface area (Å²) in [6.45, 7) is 4.13. The van der Waals surface area contributed by atoms with Crippen molar-refractivity contribution in [1.82, 2.24) is 10.2 Å². The molecule has 0 spiro atoms. The van der Waals surface area contributed by atoms with E-state index in [-0.39, 0.29) is 24.3 Å². The number of hydrogen-bond acceptors (Lipinski definition) is 3. The number of imide groups is 1. The summed E-state index contributed by atoms with van der Waals surface area (Å²) >= 11 is 0. The maximum Gasteiger partial charge on any atom is 0.246 e. The average molecular weight is 260 g/mol. The highest BCUT2D eigenvalue weighted by atomic mass is 16.2. The van der Waals surface area contributed by atoms with E-state index in [1.165, 1.54) is 17.5 Å². The molecule has 1 N–H and O–H groups in total. The number of carbonyl (C=O) groups excluding carboxylic acids is 2. The van der Waals surface area contributed by atoms with Gasteiger partial charge in [0.15, 0.2) is 0 Å². The van der Waals surface area contributed by atoms with E-state index in [2.05, 4.69) is 36.5 Å². The van der Waals surface area contributed by atoms with Crippen LogP contribution in [-0.4, -0.2) is 29.8 Å². The summed E-state index contributed by atoms with van der Waals surface area (Å²) in [6.07, 6.45) is 1.27. The molecule has 2 unspecified atom stereocenters. The first-order valence-electron chi connectivity index (χ1n) is 6.68. The van der Waals surface area contributed by atoms with Gasteiger partial charge in [-0.25, -0.2) is 0 Å². The average Bonchev–Trinajstić information content (AvgIpc) is 2.66. The number of hydrogen-bond donors (Lipinski definition) is 1. The van der Waals surface area contributed by atoms with Crippen molar-refractivity contribution in [2.75, 3.05) is 7.05 Å². The van der Waals surface area contributed by atoms with Crippen LogP contribution in [0.3, 0.4) is 0 Å². The van der Waals surface area contributed by atoms with E-state index in [1.54, 1.807) is 0 Å². The molecule has 0 bridgehead atoms. The lowest BCUT2D eigenvalue weighted by molar-refractivity contribution is -0.137. The van der Waals surface area contributed by atoms with Crippen LogP contribution in [0.25, 0.3) is 0 Å². The van der Waals surface area contributed by atoms with Crippen LogP contribution in [0.2, 0.25) is 0 Å². The standard InChI is InChI=1S/C15H20N2O2/c1-4-11-5-7-12(8-6-11)10(2)16-13-9-14(18)17(3)15(13)19/h5-8,10,13,16H,4,9H2,1-3H3. The number of carbonyl (C=O) groups is 2. The Morgan fingerprint density at radius 3 is 2.42 bits per heavy atom. The van der Waals surface area contributed by atoms with Crippen LogP contribution < -0.4 is 5.32 Å². The van der Waals surface area contributed by atoms with Crippen molar-refractivity contribution in [2.24, 2.45) is 0 Å². The van der Waals surface area contributed by atoms with E-state index in [1.807, 2.05) is 6.92 Å². The van der Waals surface area contributed by atoms with Gasteiger partial charge in [0.05, 0.1) is 12.5 Å². The van der Waals surface area contributed by atoms with E-state index in [9.17, 15) is 9.59 Å².